The topological polar surface area (TPSA) is 80.4 Å². The average molecular weight is 375 g/mol. The number of carbonyl (C=O) groups is 1. The summed E-state index contributed by atoms with van der Waals surface area (Å²) in [5.74, 6) is -0.509. The number of aromatic amines is 1. The first-order chi connectivity index (χ1) is 13.1. The minimum Gasteiger partial charge on any atom is -0.408 e. The molecule has 6 nitrogen and oxygen atoms in total. The number of imidazole rings is 1. The molecule has 0 atom stereocenters. The van der Waals surface area contributed by atoms with E-state index in [9.17, 15) is 9.59 Å². The highest BCUT2D eigenvalue weighted by Gasteiger charge is 2.19. The molecule has 7 heteroatoms. The number of thiazole rings is 1. The number of hydrogen-bond donors (Lipinski definition) is 1. The van der Waals surface area contributed by atoms with Crippen molar-refractivity contribution in [2.45, 2.75) is 6.92 Å². The number of nitrogens with zero attached hydrogens (tertiary/aromatic N) is 2. The second-order valence-electron chi connectivity index (χ2n) is 6.29. The minimum atomic E-state index is -0.509. The third-order valence-electron chi connectivity index (χ3n) is 4.55. The number of fused-ring (bicyclic) bond motifs is 2. The third kappa shape index (κ3) is 2.43. The van der Waals surface area contributed by atoms with Crippen molar-refractivity contribution in [3.8, 4) is 22.5 Å². The second kappa shape index (κ2) is 5.78. The molecule has 0 radical (unpaired) electrons. The van der Waals surface area contributed by atoms with Crippen molar-refractivity contribution < 1.29 is 9.21 Å². The Morgan fingerprint density at radius 1 is 1.15 bits per heavy atom. The molecule has 0 saturated heterocycles. The van der Waals surface area contributed by atoms with Crippen molar-refractivity contribution in [3.63, 3.8) is 0 Å². The van der Waals surface area contributed by atoms with Crippen LogP contribution in [0.4, 0.5) is 0 Å². The molecule has 27 heavy (non-hydrogen) atoms. The number of rotatable bonds is 3. The van der Waals surface area contributed by atoms with Crippen LogP contribution in [-0.4, -0.2) is 20.7 Å². The molecule has 5 rings (SSSR count). The number of benzene rings is 2. The van der Waals surface area contributed by atoms with Gasteiger partial charge in [0.25, 0.3) is 0 Å². The van der Waals surface area contributed by atoms with E-state index < -0.39 is 5.76 Å². The van der Waals surface area contributed by atoms with Crippen LogP contribution in [0.25, 0.3) is 38.6 Å². The van der Waals surface area contributed by atoms with Crippen molar-refractivity contribution in [1.29, 1.82) is 0 Å². The van der Waals surface area contributed by atoms with Crippen LogP contribution in [0.2, 0.25) is 0 Å². The van der Waals surface area contributed by atoms with Crippen LogP contribution in [0.3, 0.4) is 0 Å². The number of aldehydes is 1. The molecule has 0 aliphatic rings. The van der Waals surface area contributed by atoms with Gasteiger partial charge in [-0.15, -0.1) is 11.3 Å². The van der Waals surface area contributed by atoms with Crippen molar-refractivity contribution in [2.75, 3.05) is 0 Å². The minimum absolute atomic E-state index is 0.435. The zero-order valence-corrected chi connectivity index (χ0v) is 15.0. The third-order valence-corrected chi connectivity index (χ3v) is 5.38. The maximum Gasteiger partial charge on any atom is 0.417 e. The van der Waals surface area contributed by atoms with Gasteiger partial charge in [0, 0.05) is 10.9 Å². The van der Waals surface area contributed by atoms with Crippen molar-refractivity contribution in [1.82, 2.24) is 14.4 Å². The summed E-state index contributed by atoms with van der Waals surface area (Å²) in [5.41, 5.74) is 5.92. The summed E-state index contributed by atoms with van der Waals surface area (Å²) in [7, 11) is 0. The molecule has 0 unspecified atom stereocenters. The average Bonchev–Trinajstić information content (AvgIpc) is 3.33. The molecule has 1 N–H and O–H groups in total. The molecule has 2 aromatic carbocycles. The Bertz CT molecular complexity index is 1370. The second-order valence-corrected chi connectivity index (χ2v) is 7.13. The summed E-state index contributed by atoms with van der Waals surface area (Å²) >= 11 is 1.48. The molecule has 3 heterocycles. The molecule has 0 saturated carbocycles. The number of carbonyl (C=O) groups excluding carboxylic acids is 1. The van der Waals surface area contributed by atoms with Crippen molar-refractivity contribution in [2.24, 2.45) is 0 Å². The number of nitrogens with one attached hydrogen (secondary N) is 1. The predicted molar refractivity (Wildman–Crippen MR) is 104 cm³/mol. The SMILES string of the molecule is Cc1ccc(-c2csc3nc(-c4ccc5[nH]c(=O)oc5c4)c(C=O)n23)cc1. The summed E-state index contributed by atoms with van der Waals surface area (Å²) in [4.78, 5) is 31.3. The van der Waals surface area contributed by atoms with E-state index in [1.807, 2.05) is 47.0 Å². The van der Waals surface area contributed by atoms with Gasteiger partial charge in [0.15, 0.2) is 16.8 Å². The Morgan fingerprint density at radius 3 is 2.70 bits per heavy atom. The van der Waals surface area contributed by atoms with Crippen LogP contribution >= 0.6 is 11.3 Å². The van der Waals surface area contributed by atoms with E-state index in [1.54, 1.807) is 12.1 Å². The van der Waals surface area contributed by atoms with Gasteiger partial charge in [0.05, 0.1) is 11.2 Å². The van der Waals surface area contributed by atoms with Crippen LogP contribution in [0.15, 0.2) is 57.1 Å². The first-order valence-corrected chi connectivity index (χ1v) is 9.17. The van der Waals surface area contributed by atoms with Crippen LogP contribution < -0.4 is 5.76 Å². The standard InChI is InChI=1S/C20H13N3O3S/c1-11-2-4-12(5-3-11)16-10-27-19-22-18(15(9-24)23(16)19)13-6-7-14-17(8-13)26-20(25)21-14/h2-10H,1H3,(H,21,25). The molecule has 0 aliphatic carbocycles. The monoisotopic (exact) mass is 375 g/mol. The normalized spacial score (nSPS) is 11.4. The Morgan fingerprint density at radius 2 is 1.93 bits per heavy atom. The van der Waals surface area contributed by atoms with E-state index in [1.165, 1.54) is 16.9 Å². The fraction of sp³-hybridized carbons (Fsp3) is 0.0500. The van der Waals surface area contributed by atoms with Gasteiger partial charge in [-0.05, 0) is 24.6 Å². The number of oxazole rings is 1. The fourth-order valence-corrected chi connectivity index (χ4v) is 4.12. The number of hydrogen-bond acceptors (Lipinski definition) is 5. The van der Waals surface area contributed by atoms with Crippen LogP contribution in [-0.2, 0) is 0 Å². The maximum atomic E-state index is 11.9. The highest BCUT2D eigenvalue weighted by molar-refractivity contribution is 7.15. The van der Waals surface area contributed by atoms with Crippen molar-refractivity contribution in [3.05, 3.63) is 69.7 Å². The van der Waals surface area contributed by atoms with Crippen LogP contribution in [0.5, 0.6) is 0 Å². The molecule has 132 valence electrons. The first-order valence-electron chi connectivity index (χ1n) is 8.29. The van der Waals surface area contributed by atoms with Crippen LogP contribution in [0, 0.1) is 6.92 Å². The van der Waals surface area contributed by atoms with Crippen LogP contribution in [0.1, 0.15) is 16.1 Å². The lowest BCUT2D eigenvalue weighted by atomic mass is 10.1. The van der Waals surface area contributed by atoms with Crippen molar-refractivity contribution >= 4 is 33.7 Å². The Balaban J connectivity index is 1.74. The lowest BCUT2D eigenvalue weighted by Crippen LogP contribution is -1.94. The number of aromatic nitrogens is 3. The van der Waals surface area contributed by atoms with Gasteiger partial charge in [-0.1, -0.05) is 35.9 Å². The molecule has 0 spiro atoms. The molecule has 0 aliphatic heterocycles. The molecular weight excluding hydrogens is 362 g/mol. The van der Waals surface area contributed by atoms with E-state index in [2.05, 4.69) is 9.97 Å². The number of H-pyrrole nitrogens is 1. The summed E-state index contributed by atoms with van der Waals surface area (Å²) in [5, 5.41) is 2.00. The van der Waals surface area contributed by atoms with Gasteiger partial charge >= 0.3 is 5.76 Å². The molecule has 5 aromatic rings. The summed E-state index contributed by atoms with van der Waals surface area (Å²) < 4.78 is 7.00. The lowest BCUT2D eigenvalue weighted by molar-refractivity contribution is 0.111. The van der Waals surface area contributed by atoms with Gasteiger partial charge in [-0.2, -0.15) is 0 Å². The maximum absolute atomic E-state index is 11.9. The summed E-state index contributed by atoms with van der Waals surface area (Å²) in [6, 6.07) is 13.4. The molecule has 0 fully saturated rings. The zero-order valence-electron chi connectivity index (χ0n) is 14.2. The summed E-state index contributed by atoms with van der Waals surface area (Å²) in [6.45, 7) is 2.04. The highest BCUT2D eigenvalue weighted by Crippen LogP contribution is 2.33. The molecule has 0 amide bonds. The van der Waals surface area contributed by atoms with E-state index in [-0.39, 0.29) is 0 Å². The molecule has 3 aromatic heterocycles. The summed E-state index contributed by atoms with van der Waals surface area (Å²) in [6.07, 6.45) is 0.817. The van der Waals surface area contributed by atoms with Gasteiger partial charge in [0.1, 0.15) is 11.4 Å². The first kappa shape index (κ1) is 15.8. The van der Waals surface area contributed by atoms with E-state index in [0.29, 0.717) is 22.5 Å². The fourth-order valence-electron chi connectivity index (χ4n) is 3.22. The zero-order chi connectivity index (χ0) is 18.5. The molecule has 0 bridgehead atoms. The van der Waals surface area contributed by atoms with E-state index >= 15 is 0 Å². The smallest absolute Gasteiger partial charge is 0.408 e. The van der Waals surface area contributed by atoms with Gasteiger partial charge < -0.3 is 4.42 Å². The van der Waals surface area contributed by atoms with Gasteiger partial charge in [-0.3, -0.25) is 14.2 Å². The quantitative estimate of drug-likeness (QED) is 0.477. The molecular formula is C20H13N3O3S. The predicted octanol–water partition coefficient (Wildman–Crippen LogP) is 4.29. The number of aryl methyl sites for hydroxylation is 1. The van der Waals surface area contributed by atoms with E-state index in [0.717, 1.165) is 28.1 Å². The Labute approximate surface area is 156 Å². The van der Waals surface area contributed by atoms with Gasteiger partial charge in [-0.25, -0.2) is 9.78 Å². The Kier molecular flexibility index (Phi) is 3.38. The lowest BCUT2D eigenvalue weighted by Gasteiger charge is -2.03. The Hall–Kier alpha value is -3.45. The largest absolute Gasteiger partial charge is 0.417 e. The van der Waals surface area contributed by atoms with E-state index in [4.69, 9.17) is 4.42 Å². The highest BCUT2D eigenvalue weighted by atomic mass is 32.1. The van der Waals surface area contributed by atoms with Gasteiger partial charge in [0.2, 0.25) is 0 Å².